The first-order valence-corrected chi connectivity index (χ1v) is 9.85. The van der Waals surface area contributed by atoms with Crippen molar-refractivity contribution in [3.63, 3.8) is 0 Å². The number of rotatable bonds is 6. The maximum Gasteiger partial charge on any atom is 0.261 e. The average Bonchev–Trinajstić information content (AvgIpc) is 3.27. The number of hydrogen-bond donors (Lipinski definition) is 2. The molecule has 1 fully saturated rings. The first kappa shape index (κ1) is 17.8. The van der Waals surface area contributed by atoms with E-state index in [-0.39, 0.29) is 22.3 Å². The minimum atomic E-state index is -3.77. The lowest BCUT2D eigenvalue weighted by Crippen LogP contribution is -2.35. The SMILES string of the molecule is COc1ccc(S(=O)(=O)NC2CCOC2)cc1C(=O)Nc1nccs1. The standard InChI is InChI=1S/C15H17N3O5S2/c1-22-13-3-2-11(25(20,21)18-10-4-6-23-9-10)8-12(13)14(19)17-15-16-5-7-24-15/h2-3,5,7-8,10,18H,4,6,9H2,1H3,(H,16,17,19). The monoisotopic (exact) mass is 383 g/mol. The van der Waals surface area contributed by atoms with Gasteiger partial charge in [-0.1, -0.05) is 0 Å². The molecule has 1 aromatic heterocycles. The number of nitrogens with one attached hydrogen (secondary N) is 2. The van der Waals surface area contributed by atoms with Crippen molar-refractivity contribution < 1.29 is 22.7 Å². The molecular formula is C15H17N3O5S2. The Morgan fingerprint density at radius 2 is 2.28 bits per heavy atom. The van der Waals surface area contributed by atoms with E-state index in [1.54, 1.807) is 11.6 Å². The van der Waals surface area contributed by atoms with Gasteiger partial charge in [-0.2, -0.15) is 0 Å². The van der Waals surface area contributed by atoms with Gasteiger partial charge in [-0.3, -0.25) is 10.1 Å². The minimum absolute atomic E-state index is 0.00973. The molecular weight excluding hydrogens is 366 g/mol. The average molecular weight is 383 g/mol. The van der Waals surface area contributed by atoms with E-state index in [0.717, 1.165) is 0 Å². The van der Waals surface area contributed by atoms with Gasteiger partial charge in [-0.15, -0.1) is 11.3 Å². The molecule has 1 unspecified atom stereocenters. The predicted molar refractivity (Wildman–Crippen MR) is 92.6 cm³/mol. The van der Waals surface area contributed by atoms with E-state index >= 15 is 0 Å². The van der Waals surface area contributed by atoms with Crippen molar-refractivity contribution in [3.05, 3.63) is 35.3 Å². The molecule has 0 aliphatic carbocycles. The number of carbonyl (C=O) groups is 1. The van der Waals surface area contributed by atoms with Gasteiger partial charge in [-0.05, 0) is 24.6 Å². The highest BCUT2D eigenvalue weighted by atomic mass is 32.2. The highest BCUT2D eigenvalue weighted by molar-refractivity contribution is 7.89. The van der Waals surface area contributed by atoms with Crippen LogP contribution in [0.3, 0.4) is 0 Å². The summed E-state index contributed by atoms with van der Waals surface area (Å²) in [6, 6.07) is 3.88. The van der Waals surface area contributed by atoms with Crippen molar-refractivity contribution >= 4 is 32.4 Å². The van der Waals surface area contributed by atoms with Crippen LogP contribution in [0.15, 0.2) is 34.7 Å². The first-order chi connectivity index (χ1) is 12.0. The van der Waals surface area contributed by atoms with Crippen LogP contribution in [0.4, 0.5) is 5.13 Å². The molecule has 2 N–H and O–H groups in total. The Morgan fingerprint density at radius 1 is 1.44 bits per heavy atom. The Balaban J connectivity index is 1.87. The zero-order valence-corrected chi connectivity index (χ0v) is 15.0. The van der Waals surface area contributed by atoms with E-state index < -0.39 is 15.9 Å². The molecule has 0 spiro atoms. The summed E-state index contributed by atoms with van der Waals surface area (Å²) in [7, 11) is -2.35. The minimum Gasteiger partial charge on any atom is -0.496 e. The number of nitrogens with zero attached hydrogens (tertiary/aromatic N) is 1. The predicted octanol–water partition coefficient (Wildman–Crippen LogP) is 1.47. The molecule has 25 heavy (non-hydrogen) atoms. The maximum atomic E-state index is 12.5. The van der Waals surface area contributed by atoms with E-state index in [0.29, 0.717) is 24.8 Å². The van der Waals surface area contributed by atoms with Crippen LogP contribution in [0.5, 0.6) is 5.75 Å². The Labute approximate surface area is 149 Å². The van der Waals surface area contributed by atoms with Gasteiger partial charge in [0.15, 0.2) is 5.13 Å². The first-order valence-electron chi connectivity index (χ1n) is 7.48. The van der Waals surface area contributed by atoms with Crippen molar-refractivity contribution in [3.8, 4) is 5.75 Å². The third kappa shape index (κ3) is 4.15. The lowest BCUT2D eigenvalue weighted by Gasteiger charge is -2.14. The molecule has 0 radical (unpaired) electrons. The van der Waals surface area contributed by atoms with Crippen LogP contribution in [-0.4, -0.2) is 45.7 Å². The second kappa shape index (κ2) is 7.48. The molecule has 1 saturated heterocycles. The van der Waals surface area contributed by atoms with Crippen LogP contribution < -0.4 is 14.8 Å². The quantitative estimate of drug-likeness (QED) is 0.782. The molecule has 1 aliphatic rings. The zero-order valence-electron chi connectivity index (χ0n) is 13.4. The number of sulfonamides is 1. The highest BCUT2D eigenvalue weighted by Gasteiger charge is 2.25. The summed E-state index contributed by atoms with van der Waals surface area (Å²) in [6.07, 6.45) is 2.18. The summed E-state index contributed by atoms with van der Waals surface area (Å²) < 4.78 is 38.0. The highest BCUT2D eigenvalue weighted by Crippen LogP contribution is 2.24. The van der Waals surface area contributed by atoms with Gasteiger partial charge in [0, 0.05) is 24.2 Å². The van der Waals surface area contributed by atoms with E-state index in [1.165, 1.54) is 36.6 Å². The molecule has 3 rings (SSSR count). The van der Waals surface area contributed by atoms with Gasteiger partial charge in [0.25, 0.3) is 5.91 Å². The summed E-state index contributed by atoms with van der Waals surface area (Å²) >= 11 is 1.26. The van der Waals surface area contributed by atoms with Crippen molar-refractivity contribution in [2.75, 3.05) is 25.6 Å². The van der Waals surface area contributed by atoms with Crippen LogP contribution in [-0.2, 0) is 14.8 Å². The summed E-state index contributed by atoms with van der Waals surface area (Å²) in [5.41, 5.74) is 0.114. The number of thiazole rings is 1. The Kier molecular flexibility index (Phi) is 5.33. The third-order valence-corrected chi connectivity index (χ3v) is 5.84. The molecule has 2 aromatic rings. The van der Waals surface area contributed by atoms with Crippen LogP contribution >= 0.6 is 11.3 Å². The number of carbonyl (C=O) groups excluding carboxylic acids is 1. The number of hydrogen-bond acceptors (Lipinski definition) is 7. The fourth-order valence-electron chi connectivity index (χ4n) is 2.40. The Bertz CT molecular complexity index is 846. The third-order valence-electron chi connectivity index (χ3n) is 3.63. The smallest absolute Gasteiger partial charge is 0.261 e. The van der Waals surface area contributed by atoms with Crippen molar-refractivity contribution in [1.29, 1.82) is 0 Å². The fourth-order valence-corrected chi connectivity index (χ4v) is 4.20. The summed E-state index contributed by atoms with van der Waals surface area (Å²) in [5, 5.41) is 4.76. The van der Waals surface area contributed by atoms with Gasteiger partial charge >= 0.3 is 0 Å². The summed E-state index contributed by atoms with van der Waals surface area (Å²) in [5.74, 6) is -0.217. The Morgan fingerprint density at radius 3 is 2.92 bits per heavy atom. The second-order valence-corrected chi connectivity index (χ2v) is 7.94. The van der Waals surface area contributed by atoms with Gasteiger partial charge in [0.2, 0.25) is 10.0 Å². The van der Waals surface area contributed by atoms with Crippen molar-refractivity contribution in [2.24, 2.45) is 0 Å². The van der Waals surface area contributed by atoms with E-state index in [9.17, 15) is 13.2 Å². The summed E-state index contributed by atoms with van der Waals surface area (Å²) in [4.78, 5) is 16.4. The molecule has 1 amide bonds. The van der Waals surface area contributed by atoms with Gasteiger partial charge in [0.05, 0.1) is 24.2 Å². The van der Waals surface area contributed by atoms with Gasteiger partial charge in [-0.25, -0.2) is 18.1 Å². The topological polar surface area (TPSA) is 107 Å². The molecule has 0 saturated carbocycles. The lowest BCUT2D eigenvalue weighted by molar-refractivity contribution is 0.102. The van der Waals surface area contributed by atoms with Crippen LogP contribution in [0.1, 0.15) is 16.8 Å². The van der Waals surface area contributed by atoms with Crippen molar-refractivity contribution in [1.82, 2.24) is 9.71 Å². The number of aromatic nitrogens is 1. The molecule has 8 nitrogen and oxygen atoms in total. The molecule has 2 heterocycles. The second-order valence-electron chi connectivity index (χ2n) is 5.34. The molecule has 134 valence electrons. The normalized spacial score (nSPS) is 17.4. The number of benzene rings is 1. The van der Waals surface area contributed by atoms with Crippen LogP contribution in [0.2, 0.25) is 0 Å². The lowest BCUT2D eigenvalue weighted by atomic mass is 10.2. The van der Waals surface area contributed by atoms with E-state index in [2.05, 4.69) is 15.0 Å². The number of ether oxygens (including phenoxy) is 2. The number of anilines is 1. The zero-order chi connectivity index (χ0) is 17.9. The van der Waals surface area contributed by atoms with Crippen LogP contribution in [0, 0.1) is 0 Å². The Hall–Kier alpha value is -2.01. The molecule has 1 aliphatic heterocycles. The molecule has 10 heteroatoms. The molecule has 1 atom stereocenters. The molecule has 1 aromatic carbocycles. The van der Waals surface area contributed by atoms with Gasteiger partial charge < -0.3 is 9.47 Å². The van der Waals surface area contributed by atoms with E-state index in [4.69, 9.17) is 9.47 Å². The summed E-state index contributed by atoms with van der Waals surface area (Å²) in [6.45, 7) is 0.865. The maximum absolute atomic E-state index is 12.5. The fraction of sp³-hybridized carbons (Fsp3) is 0.333. The van der Waals surface area contributed by atoms with Crippen molar-refractivity contribution in [2.45, 2.75) is 17.4 Å². The molecule has 0 bridgehead atoms. The van der Waals surface area contributed by atoms with E-state index in [1.807, 2.05) is 0 Å². The largest absolute Gasteiger partial charge is 0.496 e. The number of amides is 1. The van der Waals surface area contributed by atoms with Crippen LogP contribution in [0.25, 0.3) is 0 Å². The van der Waals surface area contributed by atoms with Gasteiger partial charge in [0.1, 0.15) is 5.75 Å². The number of methoxy groups -OCH3 is 1.